The van der Waals surface area contributed by atoms with E-state index in [1.54, 1.807) is 0 Å². The molecule has 2 aromatic carbocycles. The van der Waals surface area contributed by atoms with Crippen LogP contribution in [-0.4, -0.2) is 35.2 Å². The molecule has 0 radical (unpaired) electrons. The highest BCUT2D eigenvalue weighted by Gasteiger charge is 2.44. The molecule has 0 saturated heterocycles. The Hall–Kier alpha value is -2.43. The summed E-state index contributed by atoms with van der Waals surface area (Å²) in [6.07, 6.45) is 8.38. The van der Waals surface area contributed by atoms with E-state index >= 15 is 0 Å². The van der Waals surface area contributed by atoms with Crippen molar-refractivity contribution in [3.8, 4) is 0 Å². The van der Waals surface area contributed by atoms with Gasteiger partial charge in [0.1, 0.15) is 6.54 Å². The van der Waals surface area contributed by atoms with Gasteiger partial charge in [0.2, 0.25) is 5.89 Å². The van der Waals surface area contributed by atoms with Gasteiger partial charge in [-0.15, -0.1) is 0 Å². The number of hydrogen-bond acceptors (Lipinski definition) is 3. The van der Waals surface area contributed by atoms with Crippen LogP contribution in [0.4, 0.5) is 0 Å². The summed E-state index contributed by atoms with van der Waals surface area (Å²) in [5.74, 6) is 1.41. The molecule has 1 aliphatic rings. The third-order valence-electron chi connectivity index (χ3n) is 6.72. The fourth-order valence-corrected chi connectivity index (χ4v) is 4.88. The summed E-state index contributed by atoms with van der Waals surface area (Å²) in [4.78, 5) is 4.62. The van der Waals surface area contributed by atoms with Crippen LogP contribution in [0.5, 0.6) is 0 Å². The first-order valence-electron chi connectivity index (χ1n) is 11.6. The van der Waals surface area contributed by atoms with Gasteiger partial charge < -0.3 is 14.0 Å². The summed E-state index contributed by atoms with van der Waals surface area (Å²) in [5.41, 5.74) is 1.07. The lowest BCUT2D eigenvalue weighted by Gasteiger charge is -2.36. The quantitative estimate of drug-likeness (QED) is 0.503. The van der Waals surface area contributed by atoms with Crippen LogP contribution in [0.25, 0.3) is 0 Å². The van der Waals surface area contributed by atoms with Crippen LogP contribution in [-0.2, 0) is 18.6 Å². The predicted octanol–water partition coefficient (Wildman–Crippen LogP) is 5.31. The highest BCUT2D eigenvalue weighted by atomic mass is 16.4. The Kier molecular flexibility index (Phi) is 6.59. The molecule has 1 unspecified atom stereocenters. The molecular weight excluding hydrogens is 384 g/mol. The number of aromatic nitrogens is 1. The van der Waals surface area contributed by atoms with Gasteiger partial charge in [-0.05, 0) is 24.0 Å². The van der Waals surface area contributed by atoms with Gasteiger partial charge in [-0.25, -0.2) is 4.98 Å². The Morgan fingerprint density at radius 1 is 0.968 bits per heavy atom. The summed E-state index contributed by atoms with van der Waals surface area (Å²) in [5, 5.41) is 12.0. The van der Waals surface area contributed by atoms with Gasteiger partial charge in [-0.1, -0.05) is 79.9 Å². The highest BCUT2D eigenvalue weighted by molar-refractivity contribution is 5.30. The maximum Gasteiger partial charge on any atom is 0.231 e. The Bertz CT molecular complexity index is 946. The van der Waals surface area contributed by atoms with Crippen LogP contribution in [0.3, 0.4) is 0 Å². The van der Waals surface area contributed by atoms with Crippen LogP contribution >= 0.6 is 0 Å². The van der Waals surface area contributed by atoms with E-state index < -0.39 is 5.60 Å². The zero-order valence-corrected chi connectivity index (χ0v) is 18.8. The van der Waals surface area contributed by atoms with Crippen LogP contribution in [0.1, 0.15) is 54.9 Å². The van der Waals surface area contributed by atoms with E-state index in [2.05, 4.69) is 49.4 Å². The SMILES string of the molecule is C[N+](C)(CCc1ccccc1)Cc1cnc(C(O)(c2ccccc2)C2CCCCC2)o1. The van der Waals surface area contributed by atoms with Crippen molar-refractivity contribution < 1.29 is 14.0 Å². The van der Waals surface area contributed by atoms with Crippen LogP contribution in [0.2, 0.25) is 0 Å². The summed E-state index contributed by atoms with van der Waals surface area (Å²) in [6, 6.07) is 20.5. The number of hydrogen-bond donors (Lipinski definition) is 1. The second-order valence-electron chi connectivity index (χ2n) is 9.65. The molecule has 1 aromatic heterocycles. The molecule has 31 heavy (non-hydrogen) atoms. The van der Waals surface area contributed by atoms with Gasteiger partial charge in [-0.2, -0.15) is 0 Å². The van der Waals surface area contributed by atoms with Gasteiger partial charge in [-0.3, -0.25) is 0 Å². The maximum absolute atomic E-state index is 12.0. The molecular formula is C27H35N2O2+. The van der Waals surface area contributed by atoms with Crippen molar-refractivity contribution in [2.45, 2.75) is 50.7 Å². The van der Waals surface area contributed by atoms with Crippen molar-refractivity contribution in [3.05, 3.63) is 89.6 Å². The lowest BCUT2D eigenvalue weighted by Crippen LogP contribution is -2.40. The molecule has 1 heterocycles. The number of rotatable bonds is 8. The minimum atomic E-state index is -1.17. The standard InChI is InChI=1S/C27H35N2O2/c1-29(2,19-18-22-12-6-3-7-13-22)21-25-20-28-26(31-25)27(30,23-14-8-4-9-15-23)24-16-10-5-11-17-24/h3-4,6-9,12-15,20,24,30H,5,10-11,16-19,21H2,1-2H3/q+1. The number of aliphatic hydroxyl groups is 1. The third kappa shape index (κ3) is 5.08. The second-order valence-corrected chi connectivity index (χ2v) is 9.65. The predicted molar refractivity (Wildman–Crippen MR) is 123 cm³/mol. The number of benzene rings is 2. The molecule has 1 fully saturated rings. The average molecular weight is 420 g/mol. The monoisotopic (exact) mass is 419 g/mol. The Morgan fingerprint density at radius 2 is 1.61 bits per heavy atom. The number of oxazole rings is 1. The van der Waals surface area contributed by atoms with Gasteiger partial charge >= 0.3 is 0 Å². The van der Waals surface area contributed by atoms with Crippen molar-refractivity contribution in [1.29, 1.82) is 0 Å². The lowest BCUT2D eigenvalue weighted by atomic mass is 9.73. The molecule has 0 amide bonds. The Balaban J connectivity index is 1.53. The minimum Gasteiger partial charge on any atom is -0.436 e. The Morgan fingerprint density at radius 3 is 2.29 bits per heavy atom. The molecule has 3 aromatic rings. The normalized spacial score (nSPS) is 17.4. The first kappa shape index (κ1) is 21.8. The lowest BCUT2D eigenvalue weighted by molar-refractivity contribution is -0.904. The largest absolute Gasteiger partial charge is 0.436 e. The topological polar surface area (TPSA) is 46.3 Å². The number of quaternary nitrogens is 1. The van der Waals surface area contributed by atoms with Crippen molar-refractivity contribution in [3.63, 3.8) is 0 Å². The van der Waals surface area contributed by atoms with Crippen LogP contribution < -0.4 is 0 Å². The van der Waals surface area contributed by atoms with E-state index in [-0.39, 0.29) is 5.92 Å². The van der Waals surface area contributed by atoms with E-state index in [1.807, 2.05) is 36.5 Å². The maximum atomic E-state index is 12.0. The fourth-order valence-electron chi connectivity index (χ4n) is 4.88. The molecule has 1 saturated carbocycles. The number of likely N-dealkylation sites (N-methyl/N-ethyl adjacent to an activating group) is 1. The molecule has 4 heteroatoms. The van der Waals surface area contributed by atoms with Crippen LogP contribution in [0, 0.1) is 5.92 Å². The average Bonchev–Trinajstić information content (AvgIpc) is 3.27. The first-order valence-corrected chi connectivity index (χ1v) is 11.6. The van der Waals surface area contributed by atoms with Gasteiger partial charge in [0.05, 0.1) is 26.8 Å². The van der Waals surface area contributed by atoms with Crippen LogP contribution in [0.15, 0.2) is 71.3 Å². The van der Waals surface area contributed by atoms with E-state index in [9.17, 15) is 5.11 Å². The highest BCUT2D eigenvalue weighted by Crippen LogP contribution is 2.43. The molecule has 0 aliphatic heterocycles. The molecule has 0 spiro atoms. The summed E-state index contributed by atoms with van der Waals surface area (Å²) in [6.45, 7) is 1.75. The summed E-state index contributed by atoms with van der Waals surface area (Å²) < 4.78 is 7.07. The molecule has 1 aliphatic carbocycles. The molecule has 1 atom stereocenters. The minimum absolute atomic E-state index is 0.135. The van der Waals surface area contributed by atoms with Crippen molar-refractivity contribution in [2.24, 2.45) is 5.92 Å². The molecule has 0 bridgehead atoms. The summed E-state index contributed by atoms with van der Waals surface area (Å²) in [7, 11) is 4.44. The van der Waals surface area contributed by atoms with Crippen molar-refractivity contribution in [1.82, 2.24) is 4.98 Å². The first-order chi connectivity index (χ1) is 15.0. The van der Waals surface area contributed by atoms with Crippen molar-refractivity contribution >= 4 is 0 Å². The van der Waals surface area contributed by atoms with Gasteiger partial charge in [0.15, 0.2) is 11.4 Å². The van der Waals surface area contributed by atoms with E-state index in [4.69, 9.17) is 4.42 Å². The van der Waals surface area contributed by atoms with E-state index in [0.29, 0.717) is 5.89 Å². The summed E-state index contributed by atoms with van der Waals surface area (Å²) >= 11 is 0. The Labute approximate surface area is 186 Å². The van der Waals surface area contributed by atoms with Gasteiger partial charge in [0.25, 0.3) is 0 Å². The fraction of sp³-hybridized carbons (Fsp3) is 0.444. The molecule has 4 rings (SSSR count). The molecule has 4 nitrogen and oxygen atoms in total. The molecule has 164 valence electrons. The smallest absolute Gasteiger partial charge is 0.231 e. The van der Waals surface area contributed by atoms with Crippen molar-refractivity contribution in [2.75, 3.05) is 20.6 Å². The zero-order valence-electron chi connectivity index (χ0n) is 18.8. The second kappa shape index (κ2) is 9.37. The third-order valence-corrected chi connectivity index (χ3v) is 6.72. The van der Waals surface area contributed by atoms with Gasteiger partial charge in [0, 0.05) is 12.3 Å². The van der Waals surface area contributed by atoms with E-state index in [0.717, 1.165) is 61.0 Å². The zero-order chi connectivity index (χ0) is 21.7. The number of nitrogens with zero attached hydrogens (tertiary/aromatic N) is 2. The van der Waals surface area contributed by atoms with E-state index in [1.165, 1.54) is 12.0 Å². The molecule has 1 N–H and O–H groups in total.